The van der Waals surface area contributed by atoms with Gasteiger partial charge in [0.25, 0.3) is 5.91 Å². The van der Waals surface area contributed by atoms with Crippen LogP contribution in [0, 0.1) is 6.92 Å². The third kappa shape index (κ3) is 3.16. The molecule has 0 aliphatic heterocycles. The molecule has 0 bridgehead atoms. The molecule has 1 aliphatic rings. The van der Waals surface area contributed by atoms with Crippen molar-refractivity contribution in [3.8, 4) is 0 Å². The molecule has 1 amide bonds. The molecule has 0 atom stereocenters. The lowest BCUT2D eigenvalue weighted by Crippen LogP contribution is -2.33. The van der Waals surface area contributed by atoms with Crippen LogP contribution in [-0.4, -0.2) is 21.8 Å². The molecule has 1 aromatic carbocycles. The third-order valence-electron chi connectivity index (χ3n) is 3.85. The maximum absolute atomic E-state index is 12.9. The van der Waals surface area contributed by atoms with Gasteiger partial charge in [-0.3, -0.25) is 9.78 Å². The topological polar surface area (TPSA) is 33.2 Å². The van der Waals surface area contributed by atoms with E-state index in [0.717, 1.165) is 34.0 Å². The lowest BCUT2D eigenvalue weighted by atomic mass is 10.1. The monoisotopic (exact) mass is 344 g/mol. The molecule has 1 aromatic heterocycles. The second-order valence-electron chi connectivity index (χ2n) is 5.43. The van der Waals surface area contributed by atoms with Crippen LogP contribution in [0.2, 0.25) is 0 Å². The van der Waals surface area contributed by atoms with Crippen molar-refractivity contribution in [3.63, 3.8) is 0 Å². The maximum Gasteiger partial charge on any atom is 0.254 e. The fraction of sp³-hybridized carbons (Fsp3) is 0.294. The van der Waals surface area contributed by atoms with Gasteiger partial charge < -0.3 is 4.90 Å². The Morgan fingerprint density at radius 2 is 2.00 bits per heavy atom. The van der Waals surface area contributed by atoms with Gasteiger partial charge in [-0.1, -0.05) is 22.0 Å². The number of halogens is 1. The van der Waals surface area contributed by atoms with Crippen LogP contribution in [0.3, 0.4) is 0 Å². The summed E-state index contributed by atoms with van der Waals surface area (Å²) in [6.45, 7) is 2.63. The quantitative estimate of drug-likeness (QED) is 0.840. The Morgan fingerprint density at radius 1 is 1.29 bits per heavy atom. The summed E-state index contributed by atoms with van der Waals surface area (Å²) in [7, 11) is 0. The first kappa shape index (κ1) is 14.3. The molecule has 4 heteroatoms. The number of aromatic nitrogens is 1. The Kier molecular flexibility index (Phi) is 4.06. The molecule has 3 nitrogen and oxygen atoms in total. The van der Waals surface area contributed by atoms with E-state index in [-0.39, 0.29) is 5.91 Å². The number of benzene rings is 1. The number of amides is 1. The highest BCUT2D eigenvalue weighted by molar-refractivity contribution is 9.10. The second-order valence-corrected chi connectivity index (χ2v) is 6.29. The van der Waals surface area contributed by atoms with Gasteiger partial charge in [0.2, 0.25) is 0 Å². The normalized spacial score (nSPS) is 14.0. The van der Waals surface area contributed by atoms with E-state index in [1.807, 2.05) is 42.2 Å². The maximum atomic E-state index is 12.9. The first-order chi connectivity index (χ1) is 10.2. The molecule has 0 unspecified atom stereocenters. The van der Waals surface area contributed by atoms with Gasteiger partial charge in [-0.25, -0.2) is 0 Å². The number of rotatable bonds is 4. The molecule has 0 N–H and O–H groups in total. The second kappa shape index (κ2) is 5.98. The van der Waals surface area contributed by atoms with Crippen molar-refractivity contribution in [2.24, 2.45) is 0 Å². The van der Waals surface area contributed by atoms with E-state index in [1.54, 1.807) is 12.4 Å². The van der Waals surface area contributed by atoms with Crippen LogP contribution >= 0.6 is 15.9 Å². The van der Waals surface area contributed by atoms with Gasteiger partial charge >= 0.3 is 0 Å². The standard InChI is InChI=1S/C17H17BrN2O/c1-12-15(3-2-4-16(12)18)17(21)20(14-5-6-14)11-13-7-9-19-10-8-13/h2-4,7-10,14H,5-6,11H2,1H3. The Labute approximate surface area is 133 Å². The van der Waals surface area contributed by atoms with Crippen molar-refractivity contribution in [1.29, 1.82) is 0 Å². The summed E-state index contributed by atoms with van der Waals surface area (Å²) >= 11 is 3.50. The smallest absolute Gasteiger partial charge is 0.254 e. The minimum Gasteiger partial charge on any atom is -0.331 e. The van der Waals surface area contributed by atoms with Crippen LogP contribution in [0.25, 0.3) is 0 Å². The zero-order chi connectivity index (χ0) is 14.8. The molecular weight excluding hydrogens is 328 g/mol. The number of carbonyl (C=O) groups excluding carboxylic acids is 1. The summed E-state index contributed by atoms with van der Waals surface area (Å²) < 4.78 is 0.980. The van der Waals surface area contributed by atoms with E-state index in [0.29, 0.717) is 12.6 Å². The van der Waals surface area contributed by atoms with E-state index in [2.05, 4.69) is 20.9 Å². The average Bonchev–Trinajstić information content (AvgIpc) is 3.33. The molecule has 1 aliphatic carbocycles. The van der Waals surface area contributed by atoms with Crippen LogP contribution < -0.4 is 0 Å². The van der Waals surface area contributed by atoms with Gasteiger partial charge in [0.05, 0.1) is 0 Å². The van der Waals surface area contributed by atoms with Crippen molar-refractivity contribution >= 4 is 21.8 Å². The molecular formula is C17H17BrN2O. The molecule has 0 saturated heterocycles. The van der Waals surface area contributed by atoms with E-state index in [4.69, 9.17) is 0 Å². The number of nitrogens with zero attached hydrogens (tertiary/aromatic N) is 2. The van der Waals surface area contributed by atoms with E-state index < -0.39 is 0 Å². The highest BCUT2D eigenvalue weighted by atomic mass is 79.9. The minimum atomic E-state index is 0.119. The fourth-order valence-corrected chi connectivity index (χ4v) is 2.80. The summed E-state index contributed by atoms with van der Waals surface area (Å²) in [5, 5.41) is 0. The molecule has 1 fully saturated rings. The van der Waals surface area contributed by atoms with Crippen molar-refractivity contribution in [2.75, 3.05) is 0 Å². The van der Waals surface area contributed by atoms with Crippen LogP contribution in [-0.2, 0) is 6.54 Å². The van der Waals surface area contributed by atoms with Gasteiger partial charge in [0.15, 0.2) is 0 Å². The SMILES string of the molecule is Cc1c(Br)cccc1C(=O)N(Cc1ccncc1)C1CC1. The number of pyridine rings is 1. The predicted molar refractivity (Wildman–Crippen MR) is 86.0 cm³/mol. The van der Waals surface area contributed by atoms with Gasteiger partial charge in [0.1, 0.15) is 0 Å². The first-order valence-electron chi connectivity index (χ1n) is 7.12. The summed E-state index contributed by atoms with van der Waals surface area (Å²) in [5.74, 6) is 0.119. The van der Waals surface area contributed by atoms with Gasteiger partial charge in [0, 0.05) is 35.0 Å². The van der Waals surface area contributed by atoms with Crippen molar-refractivity contribution < 1.29 is 4.79 Å². The Balaban J connectivity index is 1.87. The van der Waals surface area contributed by atoms with Gasteiger partial charge in [-0.05, 0) is 55.2 Å². The summed E-state index contributed by atoms with van der Waals surface area (Å²) in [6.07, 6.45) is 5.75. The lowest BCUT2D eigenvalue weighted by molar-refractivity contribution is 0.0729. The Hall–Kier alpha value is -1.68. The van der Waals surface area contributed by atoms with E-state index in [1.165, 1.54) is 0 Å². The molecule has 1 saturated carbocycles. The summed E-state index contributed by atoms with van der Waals surface area (Å²) in [4.78, 5) is 18.9. The molecule has 2 aromatic rings. The molecule has 108 valence electrons. The number of hydrogen-bond acceptors (Lipinski definition) is 2. The highest BCUT2D eigenvalue weighted by Crippen LogP contribution is 2.31. The third-order valence-corrected chi connectivity index (χ3v) is 4.71. The predicted octanol–water partition coefficient (Wildman–Crippen LogP) is 3.96. The first-order valence-corrected chi connectivity index (χ1v) is 7.91. The molecule has 0 spiro atoms. The zero-order valence-electron chi connectivity index (χ0n) is 11.9. The largest absolute Gasteiger partial charge is 0.331 e. The van der Waals surface area contributed by atoms with E-state index in [9.17, 15) is 4.79 Å². The van der Waals surface area contributed by atoms with Crippen LogP contribution in [0.1, 0.15) is 34.3 Å². The summed E-state index contributed by atoms with van der Waals surface area (Å²) in [5.41, 5.74) is 2.91. The van der Waals surface area contributed by atoms with Gasteiger partial charge in [-0.2, -0.15) is 0 Å². The van der Waals surface area contributed by atoms with Crippen LogP contribution in [0.15, 0.2) is 47.2 Å². The Morgan fingerprint density at radius 3 is 2.67 bits per heavy atom. The van der Waals surface area contributed by atoms with Crippen molar-refractivity contribution in [1.82, 2.24) is 9.88 Å². The lowest BCUT2D eigenvalue weighted by Gasteiger charge is -2.23. The fourth-order valence-electron chi connectivity index (χ4n) is 2.43. The zero-order valence-corrected chi connectivity index (χ0v) is 13.5. The molecule has 3 rings (SSSR count). The van der Waals surface area contributed by atoms with Crippen molar-refractivity contribution in [3.05, 3.63) is 63.9 Å². The van der Waals surface area contributed by atoms with Crippen molar-refractivity contribution in [2.45, 2.75) is 32.4 Å². The minimum absolute atomic E-state index is 0.119. The highest BCUT2D eigenvalue weighted by Gasteiger charge is 2.33. The number of hydrogen-bond donors (Lipinski definition) is 0. The molecule has 21 heavy (non-hydrogen) atoms. The number of carbonyl (C=O) groups is 1. The Bertz CT molecular complexity index is 653. The van der Waals surface area contributed by atoms with E-state index >= 15 is 0 Å². The molecule has 1 heterocycles. The molecule has 0 radical (unpaired) electrons. The average molecular weight is 345 g/mol. The summed E-state index contributed by atoms with van der Waals surface area (Å²) in [6, 6.07) is 10.1. The van der Waals surface area contributed by atoms with Crippen LogP contribution in [0.5, 0.6) is 0 Å². The van der Waals surface area contributed by atoms with Gasteiger partial charge in [-0.15, -0.1) is 0 Å². The van der Waals surface area contributed by atoms with Crippen LogP contribution in [0.4, 0.5) is 0 Å².